The fraction of sp³-hybridized carbons (Fsp3) is 0.111. The molecule has 0 amide bonds. The Morgan fingerprint density at radius 1 is 0.576 bits per heavy atom. The Morgan fingerprint density at radius 2 is 0.939 bits per heavy atom. The fourth-order valence-corrected chi connectivity index (χ4v) is 4.03. The first-order chi connectivity index (χ1) is 15.8. The quantitative estimate of drug-likeness (QED) is 0.236. The van der Waals surface area contributed by atoms with Crippen molar-refractivity contribution in [3.05, 3.63) is 128 Å². The zero-order valence-electron chi connectivity index (χ0n) is 18.3. The minimum atomic E-state index is -0.694. The first kappa shape index (κ1) is 21.9. The van der Waals surface area contributed by atoms with Crippen LogP contribution in [-0.4, -0.2) is 9.85 Å². The summed E-state index contributed by atoms with van der Waals surface area (Å²) in [6, 6.07) is 28.7. The summed E-state index contributed by atoms with van der Waals surface area (Å²) >= 11 is 0. The van der Waals surface area contributed by atoms with Gasteiger partial charge in [0.1, 0.15) is 0 Å². The van der Waals surface area contributed by atoms with Gasteiger partial charge in [-0.2, -0.15) is 0 Å². The van der Waals surface area contributed by atoms with Gasteiger partial charge in [0.25, 0.3) is 11.4 Å². The molecule has 0 heterocycles. The van der Waals surface area contributed by atoms with E-state index in [1.807, 2.05) is 86.6 Å². The van der Waals surface area contributed by atoms with Gasteiger partial charge in [0.15, 0.2) is 0 Å². The summed E-state index contributed by atoms with van der Waals surface area (Å²) in [7, 11) is 0. The fourth-order valence-electron chi connectivity index (χ4n) is 4.03. The van der Waals surface area contributed by atoms with Gasteiger partial charge in [-0.3, -0.25) is 20.2 Å². The molecule has 0 radical (unpaired) electrons. The number of hydrogen-bond acceptors (Lipinski definition) is 4. The minimum Gasteiger partial charge on any atom is -0.258 e. The van der Waals surface area contributed by atoms with Gasteiger partial charge >= 0.3 is 0 Å². The monoisotopic (exact) mass is 438 g/mol. The van der Waals surface area contributed by atoms with E-state index in [0.717, 1.165) is 11.1 Å². The number of rotatable bonds is 6. The molecule has 0 spiro atoms. The first-order valence-electron chi connectivity index (χ1n) is 10.5. The van der Waals surface area contributed by atoms with Crippen LogP contribution in [0, 0.1) is 20.2 Å². The summed E-state index contributed by atoms with van der Waals surface area (Å²) in [6.45, 7) is 3.82. The third-order valence-corrected chi connectivity index (χ3v) is 6.00. The molecule has 6 nitrogen and oxygen atoms in total. The molecule has 0 fully saturated rings. The van der Waals surface area contributed by atoms with Crippen LogP contribution in [0.1, 0.15) is 25.0 Å². The van der Waals surface area contributed by atoms with Crippen LogP contribution in [0.15, 0.2) is 97.1 Å². The van der Waals surface area contributed by atoms with Crippen molar-refractivity contribution >= 4 is 11.4 Å². The molecule has 0 aromatic heterocycles. The molecule has 4 aromatic carbocycles. The molecule has 0 aliphatic carbocycles. The largest absolute Gasteiger partial charge is 0.277 e. The molecular formula is C27H22N2O4. The molecule has 0 unspecified atom stereocenters. The molecule has 0 aliphatic rings. The molecule has 0 atom stereocenters. The van der Waals surface area contributed by atoms with Gasteiger partial charge in [-0.1, -0.05) is 86.6 Å². The van der Waals surface area contributed by atoms with E-state index in [1.165, 1.54) is 0 Å². The zero-order chi connectivity index (χ0) is 23.6. The van der Waals surface area contributed by atoms with Crippen LogP contribution in [-0.2, 0) is 5.41 Å². The van der Waals surface area contributed by atoms with Crippen molar-refractivity contribution in [2.45, 2.75) is 19.3 Å². The molecule has 0 saturated heterocycles. The van der Waals surface area contributed by atoms with Crippen LogP contribution in [0.25, 0.3) is 22.3 Å². The van der Waals surface area contributed by atoms with Crippen LogP contribution in [0.2, 0.25) is 0 Å². The first-order valence-corrected chi connectivity index (χ1v) is 10.5. The highest BCUT2D eigenvalue weighted by Crippen LogP contribution is 2.40. The molecule has 0 N–H and O–H groups in total. The van der Waals surface area contributed by atoms with Crippen molar-refractivity contribution in [2.75, 3.05) is 0 Å². The second-order valence-corrected chi connectivity index (χ2v) is 8.34. The van der Waals surface area contributed by atoms with Gasteiger partial charge in [0.2, 0.25) is 0 Å². The van der Waals surface area contributed by atoms with Gasteiger partial charge in [0.05, 0.1) is 21.0 Å². The number of hydrogen-bond donors (Lipinski definition) is 0. The average molecular weight is 438 g/mol. The van der Waals surface area contributed by atoms with Crippen LogP contribution in [0.5, 0.6) is 0 Å². The van der Waals surface area contributed by atoms with Gasteiger partial charge in [0, 0.05) is 17.5 Å². The molecular weight excluding hydrogens is 416 g/mol. The van der Waals surface area contributed by atoms with Crippen molar-refractivity contribution in [2.24, 2.45) is 0 Å². The van der Waals surface area contributed by atoms with E-state index >= 15 is 0 Å². The summed E-state index contributed by atoms with van der Waals surface area (Å²) in [5.74, 6) is 0. The molecule has 4 rings (SSSR count). The average Bonchev–Trinajstić information content (AvgIpc) is 2.84. The van der Waals surface area contributed by atoms with E-state index in [2.05, 4.69) is 0 Å². The highest BCUT2D eigenvalue weighted by atomic mass is 16.6. The second kappa shape index (κ2) is 8.67. The predicted molar refractivity (Wildman–Crippen MR) is 129 cm³/mol. The molecule has 0 aliphatic heterocycles. The Balaban J connectivity index is 1.81. The van der Waals surface area contributed by atoms with E-state index in [9.17, 15) is 20.2 Å². The Kier molecular flexibility index (Phi) is 5.75. The maximum Gasteiger partial charge on any atom is 0.277 e. The van der Waals surface area contributed by atoms with Gasteiger partial charge < -0.3 is 0 Å². The maximum atomic E-state index is 11.9. The van der Waals surface area contributed by atoms with Crippen LogP contribution >= 0.6 is 0 Å². The second-order valence-electron chi connectivity index (χ2n) is 8.34. The lowest BCUT2D eigenvalue weighted by molar-refractivity contribution is -0.384. The lowest BCUT2D eigenvalue weighted by Crippen LogP contribution is -2.19. The van der Waals surface area contributed by atoms with Crippen molar-refractivity contribution in [3.63, 3.8) is 0 Å². The number of nitrogens with zero attached hydrogens (tertiary/aromatic N) is 2. The predicted octanol–water partition coefficient (Wildman–Crippen LogP) is 7.16. The summed E-state index contributed by atoms with van der Waals surface area (Å²) in [4.78, 5) is 23.0. The van der Waals surface area contributed by atoms with E-state index in [-0.39, 0.29) is 21.2 Å². The van der Waals surface area contributed by atoms with Crippen LogP contribution in [0.4, 0.5) is 11.4 Å². The summed E-state index contributed by atoms with van der Waals surface area (Å²) in [6.07, 6.45) is 0. The third-order valence-electron chi connectivity index (χ3n) is 6.00. The Hall–Kier alpha value is -4.32. The molecule has 0 saturated carbocycles. The van der Waals surface area contributed by atoms with Crippen molar-refractivity contribution in [3.8, 4) is 22.3 Å². The summed E-state index contributed by atoms with van der Waals surface area (Å²) < 4.78 is 0. The van der Waals surface area contributed by atoms with E-state index in [1.54, 1.807) is 24.3 Å². The smallest absolute Gasteiger partial charge is 0.258 e. The topological polar surface area (TPSA) is 86.3 Å². The molecule has 33 heavy (non-hydrogen) atoms. The molecule has 6 heteroatoms. The number of benzene rings is 4. The Labute approximate surface area is 191 Å². The van der Waals surface area contributed by atoms with E-state index < -0.39 is 5.41 Å². The highest BCUT2D eigenvalue weighted by Gasteiger charge is 2.29. The Morgan fingerprint density at radius 3 is 1.27 bits per heavy atom. The highest BCUT2D eigenvalue weighted by molar-refractivity contribution is 5.76. The lowest BCUT2D eigenvalue weighted by Gasteiger charge is -2.26. The van der Waals surface area contributed by atoms with E-state index in [4.69, 9.17) is 0 Å². The summed E-state index contributed by atoms with van der Waals surface area (Å²) in [5.41, 5.74) is 3.31. The van der Waals surface area contributed by atoms with Gasteiger partial charge in [-0.25, -0.2) is 0 Å². The maximum absolute atomic E-state index is 11.9. The Bertz CT molecular complexity index is 1230. The van der Waals surface area contributed by atoms with E-state index in [0.29, 0.717) is 22.3 Å². The SMILES string of the molecule is CC(C)(c1ccc(-c2ccccc2)c([N+](=O)[O-])c1)c1ccc(-c2ccccc2)c([N+](=O)[O-])c1. The van der Waals surface area contributed by atoms with Crippen molar-refractivity contribution in [1.82, 2.24) is 0 Å². The zero-order valence-corrected chi connectivity index (χ0v) is 18.3. The minimum absolute atomic E-state index is 0.00202. The number of nitro groups is 2. The van der Waals surface area contributed by atoms with Gasteiger partial charge in [-0.15, -0.1) is 0 Å². The molecule has 4 aromatic rings. The van der Waals surface area contributed by atoms with Gasteiger partial charge in [-0.05, 0) is 34.4 Å². The normalized spacial score (nSPS) is 11.2. The van der Waals surface area contributed by atoms with Crippen LogP contribution < -0.4 is 0 Å². The third kappa shape index (κ3) is 4.23. The lowest BCUT2D eigenvalue weighted by atomic mass is 9.77. The summed E-state index contributed by atoms with van der Waals surface area (Å²) in [5, 5.41) is 23.7. The van der Waals surface area contributed by atoms with Crippen molar-refractivity contribution in [1.29, 1.82) is 0 Å². The molecule has 0 bridgehead atoms. The van der Waals surface area contributed by atoms with Crippen molar-refractivity contribution < 1.29 is 9.85 Å². The number of nitro benzene ring substituents is 2. The standard InChI is InChI=1S/C27H22N2O4/c1-27(2,21-13-15-23(25(17-21)28(30)31)19-9-5-3-6-10-19)22-14-16-24(26(18-22)29(32)33)20-11-7-4-8-12-20/h3-18H,1-2H3. The van der Waals surface area contributed by atoms with Crippen LogP contribution in [0.3, 0.4) is 0 Å². The molecule has 164 valence electrons.